The lowest BCUT2D eigenvalue weighted by Crippen LogP contribution is -2.28. The number of rotatable bonds is 4. The minimum absolute atomic E-state index is 0.0266. The number of benzene rings is 1. The van der Waals surface area contributed by atoms with E-state index in [1.165, 1.54) is 0 Å². The van der Waals surface area contributed by atoms with Crippen LogP contribution in [0, 0.1) is 11.8 Å². The van der Waals surface area contributed by atoms with E-state index in [1.807, 2.05) is 56.3 Å². The topological polar surface area (TPSA) is 71.1 Å². The predicted molar refractivity (Wildman–Crippen MR) is 109 cm³/mol. The Kier molecular flexibility index (Phi) is 9.60. The number of cyclic esters (lactones) is 2. The lowest BCUT2D eigenvalue weighted by molar-refractivity contribution is -0.155. The van der Waals surface area contributed by atoms with Gasteiger partial charge >= 0.3 is 11.9 Å². The van der Waals surface area contributed by atoms with Crippen molar-refractivity contribution < 1.29 is 28.5 Å². The maximum absolute atomic E-state index is 12.6. The summed E-state index contributed by atoms with van der Waals surface area (Å²) in [6, 6.07) is 9.64. The Morgan fingerprint density at radius 1 is 1.00 bits per heavy atom. The summed E-state index contributed by atoms with van der Waals surface area (Å²) in [6.07, 6.45) is 6.09. The highest BCUT2D eigenvalue weighted by Gasteiger charge is 2.22. The minimum Gasteiger partial charge on any atom is -0.463 e. The molecule has 1 aliphatic heterocycles. The van der Waals surface area contributed by atoms with Gasteiger partial charge < -0.3 is 18.9 Å². The largest absolute Gasteiger partial charge is 0.463 e. The van der Waals surface area contributed by atoms with Crippen LogP contribution in [-0.2, 0) is 35.1 Å². The summed E-state index contributed by atoms with van der Waals surface area (Å²) >= 11 is 0. The van der Waals surface area contributed by atoms with Crippen molar-refractivity contribution in [3.05, 3.63) is 60.2 Å². The molecule has 158 valence electrons. The van der Waals surface area contributed by atoms with E-state index >= 15 is 0 Å². The Bertz CT molecular complexity index is 697. The third-order valence-corrected chi connectivity index (χ3v) is 4.63. The molecule has 1 aliphatic rings. The van der Waals surface area contributed by atoms with Gasteiger partial charge in [0, 0.05) is 18.9 Å². The third kappa shape index (κ3) is 8.21. The zero-order valence-electron chi connectivity index (χ0n) is 17.3. The number of esters is 2. The fourth-order valence-electron chi connectivity index (χ4n) is 2.78. The molecular weight excluding hydrogens is 372 g/mol. The lowest BCUT2D eigenvalue weighted by Gasteiger charge is -2.20. The van der Waals surface area contributed by atoms with Gasteiger partial charge in [-0.1, -0.05) is 62.4 Å². The molecule has 2 rings (SSSR count). The molecule has 0 fully saturated rings. The lowest BCUT2D eigenvalue weighted by atomic mass is 10.0. The first-order valence-corrected chi connectivity index (χ1v) is 9.85. The first kappa shape index (κ1) is 22.8. The van der Waals surface area contributed by atoms with E-state index in [4.69, 9.17) is 18.9 Å². The van der Waals surface area contributed by atoms with Crippen molar-refractivity contribution in [2.24, 2.45) is 11.8 Å². The van der Waals surface area contributed by atoms with Crippen LogP contribution in [0.2, 0.25) is 0 Å². The Labute approximate surface area is 172 Å². The van der Waals surface area contributed by atoms with Crippen molar-refractivity contribution in [2.45, 2.75) is 39.1 Å². The molecule has 0 saturated heterocycles. The molecule has 0 aliphatic carbocycles. The zero-order valence-corrected chi connectivity index (χ0v) is 17.3. The maximum Gasteiger partial charge on any atom is 0.339 e. The monoisotopic (exact) mass is 402 g/mol. The van der Waals surface area contributed by atoms with Crippen LogP contribution in [0.15, 0.2) is 54.6 Å². The van der Waals surface area contributed by atoms with Gasteiger partial charge in [0.2, 0.25) is 0 Å². The highest BCUT2D eigenvalue weighted by atomic mass is 16.6. The molecule has 0 aromatic heterocycles. The second-order valence-electron chi connectivity index (χ2n) is 7.16. The molecule has 0 bridgehead atoms. The molecule has 0 saturated carbocycles. The van der Waals surface area contributed by atoms with Crippen LogP contribution < -0.4 is 0 Å². The molecule has 1 aromatic carbocycles. The fraction of sp³-hybridized carbons (Fsp3) is 0.478. The summed E-state index contributed by atoms with van der Waals surface area (Å²) in [4.78, 5) is 24.5. The van der Waals surface area contributed by atoms with Crippen molar-refractivity contribution >= 4 is 11.9 Å². The van der Waals surface area contributed by atoms with Gasteiger partial charge in [-0.2, -0.15) is 0 Å². The minimum atomic E-state index is -0.834. The summed E-state index contributed by atoms with van der Waals surface area (Å²) in [5.74, 6) is -0.882. The summed E-state index contributed by atoms with van der Waals surface area (Å²) in [7, 11) is 1.57. The molecule has 0 amide bonds. The highest BCUT2D eigenvalue weighted by molar-refractivity contribution is 5.77. The quantitative estimate of drug-likeness (QED) is 0.567. The number of methoxy groups -OCH3 is 1. The first-order valence-electron chi connectivity index (χ1n) is 9.85. The van der Waals surface area contributed by atoms with E-state index in [0.717, 1.165) is 5.56 Å². The van der Waals surface area contributed by atoms with Gasteiger partial charge in [0.15, 0.2) is 6.10 Å². The van der Waals surface area contributed by atoms with Gasteiger partial charge in [-0.05, 0) is 11.6 Å². The van der Waals surface area contributed by atoms with Crippen LogP contribution in [0.5, 0.6) is 0 Å². The number of ether oxygens (including phenoxy) is 4. The van der Waals surface area contributed by atoms with Crippen molar-refractivity contribution in [3.63, 3.8) is 0 Å². The molecule has 0 spiro atoms. The van der Waals surface area contributed by atoms with Crippen molar-refractivity contribution in [2.75, 3.05) is 20.3 Å². The van der Waals surface area contributed by atoms with Crippen LogP contribution in [0.4, 0.5) is 0 Å². The van der Waals surface area contributed by atoms with E-state index in [9.17, 15) is 9.59 Å². The zero-order chi connectivity index (χ0) is 21.1. The molecule has 0 N–H and O–H groups in total. The van der Waals surface area contributed by atoms with Crippen LogP contribution in [-0.4, -0.2) is 44.5 Å². The number of carbonyl (C=O) groups is 2. The molecule has 0 radical (unpaired) electrons. The van der Waals surface area contributed by atoms with E-state index in [1.54, 1.807) is 19.3 Å². The summed E-state index contributed by atoms with van der Waals surface area (Å²) in [6.45, 7) is 4.48. The van der Waals surface area contributed by atoms with Gasteiger partial charge in [0.1, 0.15) is 6.61 Å². The van der Waals surface area contributed by atoms with Crippen LogP contribution >= 0.6 is 0 Å². The second kappa shape index (κ2) is 12.2. The molecule has 29 heavy (non-hydrogen) atoms. The van der Waals surface area contributed by atoms with Crippen molar-refractivity contribution in [1.29, 1.82) is 0 Å². The molecule has 1 heterocycles. The average Bonchev–Trinajstić information content (AvgIpc) is 2.72. The second-order valence-corrected chi connectivity index (χ2v) is 7.16. The normalized spacial score (nSPS) is 26.9. The molecule has 4 atom stereocenters. The first-order chi connectivity index (χ1) is 14.0. The molecule has 0 unspecified atom stereocenters. The van der Waals surface area contributed by atoms with Crippen molar-refractivity contribution in [3.8, 4) is 0 Å². The van der Waals surface area contributed by atoms with E-state index in [2.05, 4.69) is 0 Å². The maximum atomic E-state index is 12.6. The predicted octanol–water partition coefficient (Wildman–Crippen LogP) is 3.46. The molecule has 1 aromatic rings. The summed E-state index contributed by atoms with van der Waals surface area (Å²) in [5, 5.41) is 0. The smallest absolute Gasteiger partial charge is 0.339 e. The number of hydrogen-bond donors (Lipinski definition) is 0. The van der Waals surface area contributed by atoms with Gasteiger partial charge in [0.05, 0.1) is 25.7 Å². The Morgan fingerprint density at radius 2 is 1.76 bits per heavy atom. The fourth-order valence-corrected chi connectivity index (χ4v) is 2.78. The Morgan fingerprint density at radius 3 is 2.48 bits per heavy atom. The van der Waals surface area contributed by atoms with Gasteiger partial charge in [0.25, 0.3) is 0 Å². The van der Waals surface area contributed by atoms with Crippen LogP contribution in [0.3, 0.4) is 0 Å². The van der Waals surface area contributed by atoms with E-state index in [-0.39, 0.29) is 43.5 Å². The summed E-state index contributed by atoms with van der Waals surface area (Å²) in [5.41, 5.74) is 0.968. The third-order valence-electron chi connectivity index (χ3n) is 4.63. The highest BCUT2D eigenvalue weighted by Crippen LogP contribution is 2.14. The molecular formula is C23H30O6. The Hall–Kier alpha value is -2.44. The molecule has 6 heteroatoms. The van der Waals surface area contributed by atoms with Crippen LogP contribution in [0.25, 0.3) is 0 Å². The van der Waals surface area contributed by atoms with Crippen molar-refractivity contribution in [1.82, 2.24) is 0 Å². The standard InChI is InChI=1S/C23H30O6/c1-17-8-7-11-22(24)28-16-21(26-3)18(2)12-13-20(23(25)29-14-17)27-15-19-9-5-4-6-10-19/h4-10,12-13,17-18,20-21H,11,14-16H2,1-3H3/t17-,18-,20-,21-/m0/s1. The van der Waals surface area contributed by atoms with Gasteiger partial charge in [-0.15, -0.1) is 0 Å². The van der Waals surface area contributed by atoms with Gasteiger partial charge in [-0.3, -0.25) is 4.79 Å². The summed E-state index contributed by atoms with van der Waals surface area (Å²) < 4.78 is 22.0. The average molecular weight is 402 g/mol. The molecule has 6 nitrogen and oxygen atoms in total. The van der Waals surface area contributed by atoms with Gasteiger partial charge in [-0.25, -0.2) is 4.79 Å². The van der Waals surface area contributed by atoms with E-state index in [0.29, 0.717) is 6.61 Å². The number of carbonyl (C=O) groups excluding carboxylic acids is 2. The Balaban J connectivity index is 2.14. The van der Waals surface area contributed by atoms with Crippen LogP contribution in [0.1, 0.15) is 25.8 Å². The van der Waals surface area contributed by atoms with E-state index < -0.39 is 12.1 Å². The SMILES string of the molecule is CO[C@H]1COC(=O)CC=C[C@H](C)COC(=O)[C@@H](OCc2ccccc2)C=C[C@@H]1C. The number of hydrogen-bond acceptors (Lipinski definition) is 6.